The predicted molar refractivity (Wildman–Crippen MR) is 68.7 cm³/mol. The Morgan fingerprint density at radius 2 is 2.08 bits per heavy atom. The van der Waals surface area contributed by atoms with Crippen LogP contribution in [0.2, 0.25) is 0 Å². The Labute approximate surface area is 103 Å². The second kappa shape index (κ2) is 4.77. The van der Waals surface area contributed by atoms with Gasteiger partial charge in [0, 0.05) is 8.04 Å². The van der Waals surface area contributed by atoms with E-state index in [4.69, 9.17) is 0 Å². The molecule has 0 aliphatic heterocycles. The largest absolute Gasteiger partial charge is 0.102 e. The molecule has 1 aromatic carbocycles. The third-order valence-electron chi connectivity index (χ3n) is 1.41. The Balaban J connectivity index is 3.08. The average Bonchev–Trinajstić information content (AvgIpc) is 2.01. The lowest BCUT2D eigenvalue weighted by Gasteiger charge is -2.05. The molecule has 0 bridgehead atoms. The molecular weight excluding hydrogens is 395 g/mol. The van der Waals surface area contributed by atoms with Crippen molar-refractivity contribution in [1.82, 2.24) is 0 Å². The minimum Gasteiger partial charge on any atom is -0.102 e. The third kappa shape index (κ3) is 2.85. The van der Waals surface area contributed by atoms with Crippen LogP contribution >= 0.6 is 54.5 Å². The van der Waals surface area contributed by atoms with Crippen LogP contribution in [0.5, 0.6) is 0 Å². The van der Waals surface area contributed by atoms with E-state index in [0.29, 0.717) is 0 Å². The summed E-state index contributed by atoms with van der Waals surface area (Å²) in [7, 11) is 0. The summed E-state index contributed by atoms with van der Waals surface area (Å²) in [5, 5.41) is 0. The van der Waals surface area contributed by atoms with Gasteiger partial charge in [-0.2, -0.15) is 0 Å². The van der Waals surface area contributed by atoms with Crippen LogP contribution < -0.4 is 0 Å². The minimum atomic E-state index is 0.239. The molecule has 1 atom stereocenters. The fourth-order valence-electron chi connectivity index (χ4n) is 0.870. The number of alkyl halides is 1. The number of hydrogen-bond acceptors (Lipinski definition) is 0. The van der Waals surface area contributed by atoms with E-state index >= 15 is 0 Å². The maximum atomic E-state index is 3.73. The molecule has 1 unspecified atom stereocenters. The van der Waals surface area contributed by atoms with Crippen molar-refractivity contribution in [3.63, 3.8) is 0 Å². The van der Waals surface area contributed by atoms with Gasteiger partial charge in [0.15, 0.2) is 0 Å². The van der Waals surface area contributed by atoms with Crippen LogP contribution in [0.15, 0.2) is 35.3 Å². The van der Waals surface area contributed by atoms with Crippen LogP contribution in [-0.2, 0) is 0 Å². The maximum Gasteiger partial charge on any atom is 0.0573 e. The zero-order valence-corrected chi connectivity index (χ0v) is 11.6. The lowest BCUT2D eigenvalue weighted by Crippen LogP contribution is -1.86. The second-order valence-corrected chi connectivity index (χ2v) is 5.49. The Morgan fingerprint density at radius 3 is 2.58 bits per heavy atom. The highest BCUT2D eigenvalue weighted by molar-refractivity contribution is 14.1. The third-order valence-corrected chi connectivity index (χ3v) is 3.39. The Morgan fingerprint density at radius 1 is 1.42 bits per heavy atom. The molecule has 0 heterocycles. The first-order chi connectivity index (χ1) is 5.63. The molecule has 0 nitrogen and oxygen atoms in total. The number of halogens is 3. The van der Waals surface area contributed by atoms with E-state index in [1.54, 1.807) is 0 Å². The van der Waals surface area contributed by atoms with E-state index in [9.17, 15) is 0 Å². The van der Waals surface area contributed by atoms with Crippen molar-refractivity contribution in [2.24, 2.45) is 0 Å². The second-order valence-electron chi connectivity index (χ2n) is 2.34. The van der Waals surface area contributed by atoms with E-state index in [0.717, 1.165) is 4.47 Å². The summed E-state index contributed by atoms with van der Waals surface area (Å²) in [6, 6.07) is 6.29. The quantitative estimate of drug-likeness (QED) is 0.383. The molecule has 0 aliphatic rings. The summed E-state index contributed by atoms with van der Waals surface area (Å²) in [5.41, 5.74) is 1.23. The topological polar surface area (TPSA) is 0 Å². The van der Waals surface area contributed by atoms with Crippen molar-refractivity contribution in [2.75, 3.05) is 0 Å². The molecule has 1 rings (SSSR count). The monoisotopic (exact) mass is 400 g/mol. The molecule has 0 aromatic heterocycles. The summed E-state index contributed by atoms with van der Waals surface area (Å²) in [4.78, 5) is 0.239. The van der Waals surface area contributed by atoms with Gasteiger partial charge < -0.3 is 0 Å². The molecule has 64 valence electrons. The van der Waals surface area contributed by atoms with Crippen molar-refractivity contribution >= 4 is 54.5 Å². The van der Waals surface area contributed by atoms with Gasteiger partial charge in [0.2, 0.25) is 0 Å². The zero-order chi connectivity index (χ0) is 9.14. The number of benzene rings is 1. The molecule has 0 radical (unpaired) electrons. The van der Waals surface area contributed by atoms with Gasteiger partial charge in [0.1, 0.15) is 0 Å². The zero-order valence-electron chi connectivity index (χ0n) is 6.23. The smallest absolute Gasteiger partial charge is 0.0573 e. The van der Waals surface area contributed by atoms with E-state index < -0.39 is 0 Å². The van der Waals surface area contributed by atoms with Crippen molar-refractivity contribution < 1.29 is 0 Å². The lowest BCUT2D eigenvalue weighted by molar-refractivity contribution is 1.25. The van der Waals surface area contributed by atoms with E-state index in [2.05, 4.69) is 79.2 Å². The fraction of sp³-hybridized carbons (Fsp3) is 0.111. The molecule has 0 fully saturated rings. The number of allylic oxidation sites excluding steroid dienone is 1. The van der Waals surface area contributed by atoms with Gasteiger partial charge in [0.25, 0.3) is 0 Å². The first kappa shape index (κ1) is 10.7. The molecule has 12 heavy (non-hydrogen) atoms. The molecule has 0 spiro atoms. The average molecular weight is 402 g/mol. The molecule has 3 heteroatoms. The number of rotatable bonds is 2. The normalized spacial score (nSPS) is 12.6. The lowest BCUT2D eigenvalue weighted by atomic mass is 10.1. The van der Waals surface area contributed by atoms with Gasteiger partial charge >= 0.3 is 0 Å². The van der Waals surface area contributed by atoms with E-state index in [-0.39, 0.29) is 4.83 Å². The van der Waals surface area contributed by atoms with Gasteiger partial charge in [-0.15, -0.1) is 6.58 Å². The highest BCUT2D eigenvalue weighted by atomic mass is 127. The maximum absolute atomic E-state index is 3.73. The molecule has 0 saturated carbocycles. The Kier molecular flexibility index (Phi) is 4.26. The van der Waals surface area contributed by atoms with Crippen LogP contribution in [0.3, 0.4) is 0 Å². The fourth-order valence-corrected chi connectivity index (χ4v) is 2.77. The minimum absolute atomic E-state index is 0.239. The predicted octanol–water partition coefficient (Wildman–Crippen LogP) is 4.68. The van der Waals surface area contributed by atoms with E-state index in [1.807, 2.05) is 6.08 Å². The summed E-state index contributed by atoms with van der Waals surface area (Å²) in [6.07, 6.45) is 1.87. The van der Waals surface area contributed by atoms with Crippen LogP contribution in [0, 0.1) is 3.57 Å². The first-order valence-electron chi connectivity index (χ1n) is 3.36. The van der Waals surface area contributed by atoms with Crippen molar-refractivity contribution in [3.05, 3.63) is 44.5 Å². The van der Waals surface area contributed by atoms with Crippen LogP contribution in [0.25, 0.3) is 0 Å². The van der Waals surface area contributed by atoms with Crippen LogP contribution in [0.1, 0.15) is 10.4 Å². The Hall–Kier alpha value is 0.650. The van der Waals surface area contributed by atoms with Gasteiger partial charge in [0.05, 0.1) is 4.83 Å². The van der Waals surface area contributed by atoms with Crippen molar-refractivity contribution in [2.45, 2.75) is 4.83 Å². The highest BCUT2D eigenvalue weighted by Crippen LogP contribution is 2.27. The Bertz CT molecular complexity index is 276. The van der Waals surface area contributed by atoms with Crippen LogP contribution in [-0.4, -0.2) is 0 Å². The van der Waals surface area contributed by atoms with Gasteiger partial charge in [-0.05, 0) is 46.4 Å². The molecular formula is C9H7Br2I. The molecule has 0 N–H and O–H groups in total. The molecule has 0 saturated heterocycles. The number of hydrogen-bond donors (Lipinski definition) is 0. The van der Waals surface area contributed by atoms with Crippen LogP contribution in [0.4, 0.5) is 0 Å². The summed E-state index contributed by atoms with van der Waals surface area (Å²) in [5.74, 6) is 0. The van der Waals surface area contributed by atoms with Crippen molar-refractivity contribution in [1.29, 1.82) is 0 Å². The molecule has 0 amide bonds. The molecule has 0 aliphatic carbocycles. The van der Waals surface area contributed by atoms with Gasteiger partial charge in [-0.25, -0.2) is 0 Å². The SMILES string of the molecule is C=CC(Br)c1cc(Br)cc(I)c1. The summed E-state index contributed by atoms with van der Waals surface area (Å²) >= 11 is 9.26. The van der Waals surface area contributed by atoms with Crippen molar-refractivity contribution in [3.8, 4) is 0 Å². The first-order valence-corrected chi connectivity index (χ1v) is 6.15. The van der Waals surface area contributed by atoms with Gasteiger partial charge in [-0.3, -0.25) is 0 Å². The summed E-state index contributed by atoms with van der Waals surface area (Å²) in [6.45, 7) is 3.73. The van der Waals surface area contributed by atoms with Gasteiger partial charge in [-0.1, -0.05) is 37.9 Å². The molecule has 1 aromatic rings. The summed E-state index contributed by atoms with van der Waals surface area (Å²) < 4.78 is 2.33. The van der Waals surface area contributed by atoms with E-state index in [1.165, 1.54) is 9.13 Å². The standard InChI is InChI=1S/C9H7Br2I/c1-2-9(11)6-3-7(10)5-8(12)4-6/h2-5,9H,1H2. The highest BCUT2D eigenvalue weighted by Gasteiger charge is 2.03.